The SMILES string of the molecule is COCC(C)Nc1nc(Oc2ccc(S(C)(=O)=O)cc2)cc(C(=O)Nc2ccn(Cc3ccccn3)n2)n1. The Morgan fingerprint density at radius 1 is 1.11 bits per heavy atom. The highest BCUT2D eigenvalue weighted by Gasteiger charge is 2.16. The summed E-state index contributed by atoms with van der Waals surface area (Å²) < 4.78 is 36.1. The van der Waals surface area contributed by atoms with Gasteiger partial charge < -0.3 is 20.1 Å². The van der Waals surface area contributed by atoms with Crippen molar-refractivity contribution in [1.82, 2.24) is 24.7 Å². The number of nitrogens with one attached hydrogen (secondary N) is 2. The molecule has 12 nitrogen and oxygen atoms in total. The minimum Gasteiger partial charge on any atom is -0.439 e. The highest BCUT2D eigenvalue weighted by Crippen LogP contribution is 2.23. The Morgan fingerprint density at radius 3 is 2.58 bits per heavy atom. The molecule has 2 N–H and O–H groups in total. The van der Waals surface area contributed by atoms with Crippen LogP contribution in [0.2, 0.25) is 0 Å². The van der Waals surface area contributed by atoms with Gasteiger partial charge in [0.1, 0.15) is 11.4 Å². The predicted molar refractivity (Wildman–Crippen MR) is 140 cm³/mol. The van der Waals surface area contributed by atoms with Crippen LogP contribution in [0.3, 0.4) is 0 Å². The number of anilines is 2. The molecule has 0 aliphatic carbocycles. The highest BCUT2D eigenvalue weighted by atomic mass is 32.2. The van der Waals surface area contributed by atoms with Crippen LogP contribution in [0.5, 0.6) is 11.6 Å². The zero-order chi connectivity index (χ0) is 27.1. The molecule has 3 heterocycles. The van der Waals surface area contributed by atoms with Crippen molar-refractivity contribution in [3.8, 4) is 11.6 Å². The molecule has 0 fully saturated rings. The van der Waals surface area contributed by atoms with Crippen LogP contribution in [0.15, 0.2) is 71.9 Å². The van der Waals surface area contributed by atoms with Crippen LogP contribution in [0.1, 0.15) is 23.1 Å². The monoisotopic (exact) mass is 537 g/mol. The van der Waals surface area contributed by atoms with Gasteiger partial charge in [0.2, 0.25) is 11.8 Å². The Bertz CT molecular complexity index is 1490. The second kappa shape index (κ2) is 11.8. The van der Waals surface area contributed by atoms with Crippen LogP contribution in [0.25, 0.3) is 0 Å². The molecule has 0 bridgehead atoms. The van der Waals surface area contributed by atoms with Gasteiger partial charge in [0, 0.05) is 43.9 Å². The first-order valence-electron chi connectivity index (χ1n) is 11.6. The lowest BCUT2D eigenvalue weighted by Gasteiger charge is -2.14. The molecule has 4 rings (SSSR count). The molecule has 198 valence electrons. The molecule has 1 amide bonds. The number of hydrogen-bond acceptors (Lipinski definition) is 10. The minimum absolute atomic E-state index is 0.0362. The van der Waals surface area contributed by atoms with E-state index in [0.29, 0.717) is 24.7 Å². The standard InChI is InChI=1S/C25H27N7O5S/c1-17(16-36-2)27-25-28-21(14-23(30-25)37-19-7-9-20(10-8-19)38(3,34)35)24(33)29-22-11-13-32(31-22)15-18-6-4-5-12-26-18/h4-14,17H,15-16H2,1-3H3,(H,27,28,30)(H,29,31,33). The topological polar surface area (TPSA) is 150 Å². The number of methoxy groups -OCH3 is 1. The smallest absolute Gasteiger partial charge is 0.275 e. The van der Waals surface area contributed by atoms with Gasteiger partial charge in [-0.15, -0.1) is 0 Å². The van der Waals surface area contributed by atoms with Crippen molar-refractivity contribution >= 4 is 27.5 Å². The number of carbonyl (C=O) groups excluding carboxylic acids is 1. The summed E-state index contributed by atoms with van der Waals surface area (Å²) in [5.41, 5.74) is 0.866. The Hall–Kier alpha value is -4.36. The maximum atomic E-state index is 13.1. The third kappa shape index (κ3) is 7.33. The first-order valence-corrected chi connectivity index (χ1v) is 13.5. The summed E-state index contributed by atoms with van der Waals surface area (Å²) in [5.74, 6) is 0.406. The van der Waals surface area contributed by atoms with Crippen LogP contribution >= 0.6 is 0 Å². The van der Waals surface area contributed by atoms with Gasteiger partial charge in [0.25, 0.3) is 5.91 Å². The summed E-state index contributed by atoms with van der Waals surface area (Å²) in [6, 6.07) is 14.4. The van der Waals surface area contributed by atoms with Crippen LogP contribution in [0.4, 0.5) is 11.8 Å². The Morgan fingerprint density at radius 2 is 1.89 bits per heavy atom. The number of ether oxygens (including phenoxy) is 2. The van der Waals surface area contributed by atoms with E-state index in [-0.39, 0.29) is 28.5 Å². The highest BCUT2D eigenvalue weighted by molar-refractivity contribution is 7.90. The molecular formula is C25H27N7O5S. The van der Waals surface area contributed by atoms with Gasteiger partial charge in [-0.1, -0.05) is 6.07 Å². The number of sulfone groups is 1. The van der Waals surface area contributed by atoms with E-state index < -0.39 is 15.7 Å². The summed E-state index contributed by atoms with van der Waals surface area (Å²) in [6.45, 7) is 2.71. The summed E-state index contributed by atoms with van der Waals surface area (Å²) in [7, 11) is -1.78. The Kier molecular flexibility index (Phi) is 8.28. The van der Waals surface area contributed by atoms with Gasteiger partial charge in [-0.2, -0.15) is 10.1 Å². The third-order valence-corrected chi connectivity index (χ3v) is 6.26. The van der Waals surface area contributed by atoms with Gasteiger partial charge in [0.05, 0.1) is 23.7 Å². The predicted octanol–water partition coefficient (Wildman–Crippen LogP) is 3.01. The van der Waals surface area contributed by atoms with Gasteiger partial charge in [-0.25, -0.2) is 13.4 Å². The zero-order valence-corrected chi connectivity index (χ0v) is 21.8. The van der Waals surface area contributed by atoms with Crippen molar-refractivity contribution in [2.24, 2.45) is 0 Å². The van der Waals surface area contributed by atoms with E-state index in [4.69, 9.17) is 9.47 Å². The molecular weight excluding hydrogens is 510 g/mol. The molecule has 4 aromatic rings. The Labute approximate surface area is 220 Å². The molecule has 1 aromatic carbocycles. The molecule has 1 unspecified atom stereocenters. The first kappa shape index (κ1) is 26.7. The number of carbonyl (C=O) groups is 1. The van der Waals surface area contributed by atoms with Crippen LogP contribution in [0, 0.1) is 0 Å². The van der Waals surface area contributed by atoms with Gasteiger partial charge in [0.15, 0.2) is 15.7 Å². The third-order valence-electron chi connectivity index (χ3n) is 5.13. The van der Waals surface area contributed by atoms with E-state index in [1.165, 1.54) is 30.3 Å². The molecule has 0 aliphatic heterocycles. The van der Waals surface area contributed by atoms with Gasteiger partial charge in [-0.3, -0.25) is 14.5 Å². The van der Waals surface area contributed by atoms with E-state index in [1.807, 2.05) is 25.1 Å². The number of nitrogens with zero attached hydrogens (tertiary/aromatic N) is 5. The minimum atomic E-state index is -3.35. The fraction of sp³-hybridized carbons (Fsp3) is 0.240. The number of pyridine rings is 1. The van der Waals surface area contributed by atoms with Crippen LogP contribution in [-0.2, 0) is 21.1 Å². The van der Waals surface area contributed by atoms with E-state index in [9.17, 15) is 13.2 Å². The van der Waals surface area contributed by atoms with Crippen molar-refractivity contribution in [3.63, 3.8) is 0 Å². The molecule has 0 saturated heterocycles. The fourth-order valence-electron chi connectivity index (χ4n) is 3.40. The number of rotatable bonds is 11. The molecule has 0 spiro atoms. The molecule has 1 atom stereocenters. The zero-order valence-electron chi connectivity index (χ0n) is 21.0. The molecule has 3 aromatic heterocycles. The van der Waals surface area contributed by atoms with E-state index in [1.54, 1.807) is 30.3 Å². The number of amides is 1. The second-order valence-electron chi connectivity index (χ2n) is 8.44. The fourth-order valence-corrected chi connectivity index (χ4v) is 4.03. The number of hydrogen-bond donors (Lipinski definition) is 2. The molecule has 0 aliphatic rings. The maximum Gasteiger partial charge on any atom is 0.275 e. The van der Waals surface area contributed by atoms with E-state index in [2.05, 4.69) is 30.7 Å². The van der Waals surface area contributed by atoms with Crippen LogP contribution < -0.4 is 15.4 Å². The van der Waals surface area contributed by atoms with Crippen molar-refractivity contribution in [2.75, 3.05) is 30.6 Å². The average Bonchev–Trinajstić information content (AvgIpc) is 3.31. The lowest BCUT2D eigenvalue weighted by atomic mass is 10.3. The maximum absolute atomic E-state index is 13.1. The van der Waals surface area contributed by atoms with Crippen LogP contribution in [-0.4, -0.2) is 65.1 Å². The van der Waals surface area contributed by atoms with Crippen molar-refractivity contribution in [3.05, 3.63) is 78.4 Å². The normalized spacial score (nSPS) is 12.1. The average molecular weight is 538 g/mol. The second-order valence-corrected chi connectivity index (χ2v) is 10.5. The molecule has 0 saturated carbocycles. The molecule has 38 heavy (non-hydrogen) atoms. The van der Waals surface area contributed by atoms with Gasteiger partial charge >= 0.3 is 0 Å². The van der Waals surface area contributed by atoms with E-state index >= 15 is 0 Å². The lowest BCUT2D eigenvalue weighted by Crippen LogP contribution is -2.23. The lowest BCUT2D eigenvalue weighted by molar-refractivity contribution is 0.102. The summed E-state index contributed by atoms with van der Waals surface area (Å²) in [4.78, 5) is 26.2. The van der Waals surface area contributed by atoms with Crippen molar-refractivity contribution in [1.29, 1.82) is 0 Å². The van der Waals surface area contributed by atoms with Crippen molar-refractivity contribution < 1.29 is 22.7 Å². The number of aromatic nitrogens is 5. The Balaban J connectivity index is 1.54. The van der Waals surface area contributed by atoms with E-state index in [0.717, 1.165) is 11.9 Å². The van der Waals surface area contributed by atoms with Gasteiger partial charge in [-0.05, 0) is 43.3 Å². The molecule has 0 radical (unpaired) electrons. The number of benzene rings is 1. The first-order chi connectivity index (χ1) is 18.2. The largest absolute Gasteiger partial charge is 0.439 e. The summed E-state index contributed by atoms with van der Waals surface area (Å²) in [5, 5.41) is 10.2. The summed E-state index contributed by atoms with van der Waals surface area (Å²) in [6.07, 6.45) is 4.56. The molecule has 13 heteroatoms. The van der Waals surface area contributed by atoms with Crippen molar-refractivity contribution in [2.45, 2.75) is 24.4 Å². The quantitative estimate of drug-likeness (QED) is 0.292. The summed E-state index contributed by atoms with van der Waals surface area (Å²) >= 11 is 0.